The molecule has 0 heterocycles. The quantitative estimate of drug-likeness (QED) is 0.636. The Bertz CT molecular complexity index is 652. The number of anilines is 2. The maximum atomic E-state index is 13.3. The van der Waals surface area contributed by atoms with E-state index < -0.39 is 10.7 Å². The van der Waals surface area contributed by atoms with Crippen molar-refractivity contribution >= 4 is 44.6 Å². The van der Waals surface area contributed by atoms with Crippen molar-refractivity contribution in [3.05, 3.63) is 61.8 Å². The second-order valence-corrected chi connectivity index (χ2v) is 4.97. The molecule has 0 saturated heterocycles. The molecule has 0 aliphatic rings. The number of nitrogens with zero attached hydrogens (tertiary/aromatic N) is 1. The molecular formula is C12H7BrClFN2O2. The zero-order chi connectivity index (χ0) is 14.0. The summed E-state index contributed by atoms with van der Waals surface area (Å²) in [6.07, 6.45) is 0. The van der Waals surface area contributed by atoms with Gasteiger partial charge in [-0.15, -0.1) is 0 Å². The number of rotatable bonds is 3. The first kappa shape index (κ1) is 13.8. The number of hydrogen-bond donors (Lipinski definition) is 1. The Hall–Kier alpha value is -1.66. The first-order valence-corrected chi connectivity index (χ1v) is 6.30. The van der Waals surface area contributed by atoms with E-state index in [0.29, 0.717) is 20.9 Å². The number of non-ortho nitro benzene ring substituents is 1. The minimum Gasteiger partial charge on any atom is -0.355 e. The van der Waals surface area contributed by atoms with Crippen molar-refractivity contribution in [1.82, 2.24) is 0 Å². The first-order valence-electron chi connectivity index (χ1n) is 5.13. The van der Waals surface area contributed by atoms with Gasteiger partial charge in [0.15, 0.2) is 0 Å². The largest absolute Gasteiger partial charge is 0.355 e. The SMILES string of the molecule is O=[N+]([O-])c1cc(F)cc(Nc2ccc(Cl)c(Br)c2)c1. The normalized spacial score (nSPS) is 10.3. The zero-order valence-corrected chi connectivity index (χ0v) is 11.7. The van der Waals surface area contributed by atoms with Gasteiger partial charge in [0, 0.05) is 21.9 Å². The lowest BCUT2D eigenvalue weighted by atomic mass is 10.2. The molecule has 4 nitrogen and oxygen atoms in total. The second-order valence-electron chi connectivity index (χ2n) is 3.71. The number of benzene rings is 2. The average Bonchev–Trinajstić information content (AvgIpc) is 2.33. The summed E-state index contributed by atoms with van der Waals surface area (Å²) in [5, 5.41) is 14.1. The number of nitro benzene ring substituents is 1. The molecule has 0 spiro atoms. The number of halogens is 3. The predicted molar refractivity (Wildman–Crippen MR) is 75.5 cm³/mol. The molecule has 19 heavy (non-hydrogen) atoms. The number of nitrogens with one attached hydrogen (secondary N) is 1. The Kier molecular flexibility index (Phi) is 4.01. The highest BCUT2D eigenvalue weighted by Crippen LogP contribution is 2.28. The summed E-state index contributed by atoms with van der Waals surface area (Å²) < 4.78 is 13.9. The fourth-order valence-electron chi connectivity index (χ4n) is 1.49. The zero-order valence-electron chi connectivity index (χ0n) is 9.36. The van der Waals surface area contributed by atoms with Crippen molar-refractivity contribution in [2.75, 3.05) is 5.32 Å². The molecule has 2 aromatic rings. The Morgan fingerprint density at radius 2 is 1.95 bits per heavy atom. The highest BCUT2D eigenvalue weighted by molar-refractivity contribution is 9.10. The molecular weight excluding hydrogens is 338 g/mol. The summed E-state index contributed by atoms with van der Waals surface area (Å²) in [7, 11) is 0. The van der Waals surface area contributed by atoms with E-state index in [-0.39, 0.29) is 5.69 Å². The van der Waals surface area contributed by atoms with Crippen LogP contribution in [0.4, 0.5) is 21.5 Å². The summed E-state index contributed by atoms with van der Waals surface area (Å²) in [5.41, 5.74) is 0.618. The van der Waals surface area contributed by atoms with Crippen molar-refractivity contribution in [1.29, 1.82) is 0 Å². The fraction of sp³-hybridized carbons (Fsp3) is 0. The molecule has 0 aromatic heterocycles. The van der Waals surface area contributed by atoms with Crippen LogP contribution in [0.25, 0.3) is 0 Å². The van der Waals surface area contributed by atoms with Gasteiger partial charge in [-0.1, -0.05) is 11.6 Å². The highest BCUT2D eigenvalue weighted by Gasteiger charge is 2.10. The summed E-state index contributed by atoms with van der Waals surface area (Å²) in [4.78, 5) is 10.00. The molecule has 1 N–H and O–H groups in total. The molecule has 98 valence electrons. The maximum Gasteiger partial charge on any atom is 0.274 e. The van der Waals surface area contributed by atoms with Crippen molar-refractivity contribution < 1.29 is 9.31 Å². The number of nitro groups is 1. The number of hydrogen-bond acceptors (Lipinski definition) is 3. The molecule has 0 aliphatic heterocycles. The Morgan fingerprint density at radius 3 is 2.58 bits per heavy atom. The van der Waals surface area contributed by atoms with E-state index in [0.717, 1.165) is 6.07 Å². The van der Waals surface area contributed by atoms with Crippen LogP contribution in [0.15, 0.2) is 40.9 Å². The van der Waals surface area contributed by atoms with E-state index in [4.69, 9.17) is 11.6 Å². The third-order valence-corrected chi connectivity index (χ3v) is 3.52. The van der Waals surface area contributed by atoms with E-state index in [9.17, 15) is 14.5 Å². The van der Waals surface area contributed by atoms with Crippen LogP contribution >= 0.6 is 27.5 Å². The van der Waals surface area contributed by atoms with Gasteiger partial charge < -0.3 is 5.32 Å². The summed E-state index contributed by atoms with van der Waals surface area (Å²) in [6, 6.07) is 8.33. The third kappa shape index (κ3) is 3.42. The minimum atomic E-state index is -0.676. The summed E-state index contributed by atoms with van der Waals surface area (Å²) in [5.74, 6) is -0.676. The average molecular weight is 346 g/mol. The summed E-state index contributed by atoms with van der Waals surface area (Å²) >= 11 is 9.11. The van der Waals surface area contributed by atoms with Gasteiger partial charge in [-0.3, -0.25) is 10.1 Å². The van der Waals surface area contributed by atoms with Crippen LogP contribution in [0.2, 0.25) is 5.02 Å². The van der Waals surface area contributed by atoms with Gasteiger partial charge in [-0.25, -0.2) is 4.39 Å². The first-order chi connectivity index (χ1) is 8.95. The Balaban J connectivity index is 2.32. The van der Waals surface area contributed by atoms with E-state index in [1.807, 2.05) is 0 Å². The van der Waals surface area contributed by atoms with Gasteiger partial charge in [-0.05, 0) is 40.2 Å². The van der Waals surface area contributed by atoms with Crippen LogP contribution in [0, 0.1) is 15.9 Å². The van der Waals surface area contributed by atoms with Crippen LogP contribution in [-0.4, -0.2) is 4.92 Å². The van der Waals surface area contributed by atoms with E-state index in [1.165, 1.54) is 12.1 Å². The van der Waals surface area contributed by atoms with Crippen molar-refractivity contribution in [3.8, 4) is 0 Å². The molecule has 0 amide bonds. The minimum absolute atomic E-state index is 0.293. The maximum absolute atomic E-state index is 13.3. The Labute approximate surface area is 121 Å². The van der Waals surface area contributed by atoms with Crippen molar-refractivity contribution in [2.45, 2.75) is 0 Å². The molecule has 2 aromatic carbocycles. The van der Waals surface area contributed by atoms with E-state index in [1.54, 1.807) is 18.2 Å². The molecule has 0 fully saturated rings. The lowest BCUT2D eigenvalue weighted by Crippen LogP contribution is -1.95. The fourth-order valence-corrected chi connectivity index (χ4v) is 1.99. The molecule has 2 rings (SSSR count). The van der Waals surface area contributed by atoms with Crippen LogP contribution in [0.1, 0.15) is 0 Å². The molecule has 0 bridgehead atoms. The topological polar surface area (TPSA) is 55.2 Å². The second kappa shape index (κ2) is 5.54. The van der Waals surface area contributed by atoms with Gasteiger partial charge in [0.2, 0.25) is 0 Å². The Morgan fingerprint density at radius 1 is 1.21 bits per heavy atom. The van der Waals surface area contributed by atoms with E-state index in [2.05, 4.69) is 21.2 Å². The van der Waals surface area contributed by atoms with E-state index >= 15 is 0 Å². The van der Waals surface area contributed by atoms with Gasteiger partial charge in [0.25, 0.3) is 5.69 Å². The standard InChI is InChI=1S/C12H7BrClFN2O2/c13-11-6-8(1-2-12(11)14)16-9-3-7(15)4-10(5-9)17(18)19/h1-6,16H. The van der Waals surface area contributed by atoms with Gasteiger partial charge in [0.1, 0.15) is 5.82 Å². The van der Waals surface area contributed by atoms with Crippen molar-refractivity contribution in [3.63, 3.8) is 0 Å². The molecule has 0 aliphatic carbocycles. The predicted octanol–water partition coefficient (Wildman–Crippen LogP) is 4.89. The summed E-state index contributed by atoms with van der Waals surface area (Å²) in [6.45, 7) is 0. The lowest BCUT2D eigenvalue weighted by Gasteiger charge is -2.07. The lowest BCUT2D eigenvalue weighted by molar-refractivity contribution is -0.385. The molecule has 0 atom stereocenters. The smallest absolute Gasteiger partial charge is 0.274 e. The van der Waals surface area contributed by atoms with Gasteiger partial charge >= 0.3 is 0 Å². The third-order valence-electron chi connectivity index (χ3n) is 2.30. The molecule has 0 saturated carbocycles. The van der Waals surface area contributed by atoms with Gasteiger partial charge in [-0.2, -0.15) is 0 Å². The van der Waals surface area contributed by atoms with Crippen molar-refractivity contribution in [2.24, 2.45) is 0 Å². The molecule has 0 unspecified atom stereocenters. The monoisotopic (exact) mass is 344 g/mol. The van der Waals surface area contributed by atoms with Crippen LogP contribution in [0.3, 0.4) is 0 Å². The molecule has 7 heteroatoms. The van der Waals surface area contributed by atoms with Crippen LogP contribution in [-0.2, 0) is 0 Å². The highest BCUT2D eigenvalue weighted by atomic mass is 79.9. The molecule has 0 radical (unpaired) electrons. The van der Waals surface area contributed by atoms with Crippen LogP contribution < -0.4 is 5.32 Å². The van der Waals surface area contributed by atoms with Crippen LogP contribution in [0.5, 0.6) is 0 Å². The van der Waals surface area contributed by atoms with Gasteiger partial charge in [0.05, 0.1) is 16.0 Å².